The van der Waals surface area contributed by atoms with Crippen LogP contribution in [0.4, 0.5) is 18.9 Å². The lowest BCUT2D eigenvalue weighted by Crippen LogP contribution is -2.52. The maximum atomic E-state index is 14.0. The van der Waals surface area contributed by atoms with Crippen molar-refractivity contribution in [2.75, 3.05) is 10.8 Å². The van der Waals surface area contributed by atoms with Gasteiger partial charge in [-0.3, -0.25) is 13.9 Å². The molecule has 3 aromatic rings. The second kappa shape index (κ2) is 13.6. The minimum atomic E-state index is -4.80. The van der Waals surface area contributed by atoms with Crippen LogP contribution in [0.1, 0.15) is 43.9 Å². The van der Waals surface area contributed by atoms with Crippen molar-refractivity contribution in [2.45, 2.75) is 63.8 Å². The molecular formula is C30H33ClF3N3O4S. The molecule has 3 rings (SSSR count). The number of anilines is 1. The van der Waals surface area contributed by atoms with Gasteiger partial charge in [0.25, 0.3) is 10.0 Å². The van der Waals surface area contributed by atoms with Gasteiger partial charge in [0.15, 0.2) is 0 Å². The largest absolute Gasteiger partial charge is 0.416 e. The van der Waals surface area contributed by atoms with Gasteiger partial charge in [0.1, 0.15) is 12.6 Å². The van der Waals surface area contributed by atoms with Crippen LogP contribution in [0, 0.1) is 6.92 Å². The second-order valence-electron chi connectivity index (χ2n) is 9.93. The van der Waals surface area contributed by atoms with Crippen LogP contribution in [0.25, 0.3) is 0 Å². The van der Waals surface area contributed by atoms with E-state index in [1.807, 2.05) is 32.9 Å². The number of nitrogens with one attached hydrogen (secondary N) is 1. The summed E-state index contributed by atoms with van der Waals surface area (Å²) in [5, 5.41) is 2.53. The Morgan fingerprint density at radius 2 is 1.60 bits per heavy atom. The van der Waals surface area contributed by atoms with Gasteiger partial charge in [-0.25, -0.2) is 8.42 Å². The van der Waals surface area contributed by atoms with Gasteiger partial charge in [0, 0.05) is 12.6 Å². The fourth-order valence-corrected chi connectivity index (χ4v) is 5.85. The molecule has 0 saturated carbocycles. The molecule has 0 bridgehead atoms. The van der Waals surface area contributed by atoms with Gasteiger partial charge in [-0.05, 0) is 68.7 Å². The van der Waals surface area contributed by atoms with Gasteiger partial charge in [-0.15, -0.1) is 0 Å². The summed E-state index contributed by atoms with van der Waals surface area (Å²) in [6, 6.07) is 15.2. The summed E-state index contributed by atoms with van der Waals surface area (Å²) in [4.78, 5) is 28.1. The van der Waals surface area contributed by atoms with Crippen molar-refractivity contribution in [1.29, 1.82) is 0 Å². The lowest BCUT2D eigenvalue weighted by atomic mass is 10.1. The molecule has 2 atom stereocenters. The average molecular weight is 624 g/mol. The molecule has 2 amide bonds. The predicted molar refractivity (Wildman–Crippen MR) is 157 cm³/mol. The predicted octanol–water partition coefficient (Wildman–Crippen LogP) is 6.19. The molecule has 0 aliphatic rings. The van der Waals surface area contributed by atoms with Crippen LogP contribution in [0.2, 0.25) is 5.02 Å². The fraction of sp³-hybridized carbons (Fsp3) is 0.333. The highest BCUT2D eigenvalue weighted by Gasteiger charge is 2.36. The summed E-state index contributed by atoms with van der Waals surface area (Å²) in [6.45, 7) is 6.08. The first kappa shape index (κ1) is 32.9. The van der Waals surface area contributed by atoms with E-state index >= 15 is 0 Å². The Bertz CT molecular complexity index is 1520. The van der Waals surface area contributed by atoms with Gasteiger partial charge in [-0.2, -0.15) is 13.2 Å². The number of hydrogen-bond acceptors (Lipinski definition) is 4. The Kier molecular flexibility index (Phi) is 10.7. The molecule has 0 aliphatic heterocycles. The van der Waals surface area contributed by atoms with Crippen LogP contribution in [0.15, 0.2) is 77.7 Å². The molecule has 2 unspecified atom stereocenters. The number of benzene rings is 3. The zero-order valence-corrected chi connectivity index (χ0v) is 25.2. The van der Waals surface area contributed by atoms with E-state index < -0.39 is 51.9 Å². The number of nitrogens with zero attached hydrogens (tertiary/aromatic N) is 2. The molecule has 7 nitrogen and oxygen atoms in total. The number of carbonyl (C=O) groups excluding carboxylic acids is 2. The maximum Gasteiger partial charge on any atom is 0.416 e. The van der Waals surface area contributed by atoms with E-state index in [1.165, 1.54) is 36.1 Å². The Morgan fingerprint density at radius 1 is 0.976 bits per heavy atom. The molecule has 1 N–H and O–H groups in total. The zero-order valence-electron chi connectivity index (χ0n) is 23.7. The van der Waals surface area contributed by atoms with Gasteiger partial charge in [0.05, 0.1) is 21.2 Å². The number of aryl methyl sites for hydroxylation is 1. The van der Waals surface area contributed by atoms with Crippen molar-refractivity contribution in [3.63, 3.8) is 0 Å². The third-order valence-electron chi connectivity index (χ3n) is 6.92. The lowest BCUT2D eigenvalue weighted by molar-refractivity contribution is -0.139. The molecule has 0 radical (unpaired) electrons. The highest BCUT2D eigenvalue weighted by Crippen LogP contribution is 2.37. The van der Waals surface area contributed by atoms with Gasteiger partial charge >= 0.3 is 6.18 Å². The average Bonchev–Trinajstić information content (AvgIpc) is 2.95. The van der Waals surface area contributed by atoms with Crippen molar-refractivity contribution in [1.82, 2.24) is 10.2 Å². The molecule has 0 aliphatic carbocycles. The van der Waals surface area contributed by atoms with Crippen molar-refractivity contribution in [3.05, 3.63) is 94.5 Å². The zero-order chi connectivity index (χ0) is 31.2. The van der Waals surface area contributed by atoms with Crippen LogP contribution in [0.3, 0.4) is 0 Å². The second-order valence-corrected chi connectivity index (χ2v) is 12.2. The Hall–Kier alpha value is -3.57. The number of carbonyl (C=O) groups is 2. The van der Waals surface area contributed by atoms with Crippen LogP contribution in [0.5, 0.6) is 0 Å². The molecule has 0 heterocycles. The summed E-state index contributed by atoms with van der Waals surface area (Å²) in [5.41, 5.74) is -0.111. The van der Waals surface area contributed by atoms with Crippen LogP contribution in [-0.2, 0) is 32.3 Å². The molecule has 12 heteroatoms. The van der Waals surface area contributed by atoms with E-state index in [0.29, 0.717) is 22.4 Å². The molecule has 226 valence electrons. The molecular weight excluding hydrogens is 591 g/mol. The van der Waals surface area contributed by atoms with E-state index in [-0.39, 0.29) is 22.5 Å². The summed E-state index contributed by atoms with van der Waals surface area (Å²) >= 11 is 6.27. The first-order valence-corrected chi connectivity index (χ1v) is 15.1. The number of sulfonamides is 1. The minimum Gasteiger partial charge on any atom is -0.352 e. The number of halogens is 4. The smallest absolute Gasteiger partial charge is 0.352 e. The Balaban J connectivity index is 2.13. The topological polar surface area (TPSA) is 86.8 Å². The monoisotopic (exact) mass is 623 g/mol. The van der Waals surface area contributed by atoms with Crippen molar-refractivity contribution < 1.29 is 31.2 Å². The van der Waals surface area contributed by atoms with Crippen molar-refractivity contribution in [2.24, 2.45) is 0 Å². The number of hydrogen-bond donors (Lipinski definition) is 1. The quantitative estimate of drug-likeness (QED) is 0.276. The third kappa shape index (κ3) is 7.83. The minimum absolute atomic E-state index is 0.0455. The molecule has 42 heavy (non-hydrogen) atoms. The first-order valence-electron chi connectivity index (χ1n) is 13.3. The number of alkyl halides is 3. The van der Waals surface area contributed by atoms with Gasteiger partial charge in [0.2, 0.25) is 11.8 Å². The highest BCUT2D eigenvalue weighted by molar-refractivity contribution is 7.92. The fourth-order valence-electron chi connectivity index (χ4n) is 4.13. The number of amides is 2. The molecule has 0 fully saturated rings. The van der Waals surface area contributed by atoms with Crippen molar-refractivity contribution >= 4 is 39.1 Å². The van der Waals surface area contributed by atoms with E-state index in [0.717, 1.165) is 17.7 Å². The lowest BCUT2D eigenvalue weighted by Gasteiger charge is -2.33. The van der Waals surface area contributed by atoms with Crippen LogP contribution >= 0.6 is 11.6 Å². The molecule has 0 aromatic heterocycles. The van der Waals surface area contributed by atoms with E-state index in [1.54, 1.807) is 18.2 Å². The Labute approximate surface area is 249 Å². The van der Waals surface area contributed by atoms with E-state index in [2.05, 4.69) is 5.32 Å². The Morgan fingerprint density at radius 3 is 2.19 bits per heavy atom. The SMILES string of the molecule is CCC(C)NC(=O)C(C)N(Cc1ccccc1C)C(=O)CN(c1cc(C(F)(F)F)ccc1Cl)S(=O)(=O)c1ccccc1. The van der Waals surface area contributed by atoms with Crippen LogP contribution < -0.4 is 9.62 Å². The van der Waals surface area contributed by atoms with Gasteiger partial charge < -0.3 is 10.2 Å². The normalized spacial score (nSPS) is 13.2. The van der Waals surface area contributed by atoms with Gasteiger partial charge in [-0.1, -0.05) is 61.0 Å². The summed E-state index contributed by atoms with van der Waals surface area (Å²) in [5.74, 6) is -1.26. The molecule has 3 aromatic carbocycles. The van der Waals surface area contributed by atoms with Crippen LogP contribution in [-0.4, -0.2) is 43.8 Å². The maximum absolute atomic E-state index is 14.0. The van der Waals surface area contributed by atoms with Crippen molar-refractivity contribution in [3.8, 4) is 0 Å². The molecule has 0 spiro atoms. The standard InChI is InChI=1S/C30H33ClF3N3O4S/c1-5-21(3)35-29(39)22(4)36(18-23-12-10-9-11-20(23)2)28(38)19-37(42(40,41)25-13-7-6-8-14-25)27-17-24(30(32,33)34)15-16-26(27)31/h6-17,21-22H,5,18-19H2,1-4H3,(H,35,39). The summed E-state index contributed by atoms with van der Waals surface area (Å²) < 4.78 is 69.2. The first-order chi connectivity index (χ1) is 19.7. The highest BCUT2D eigenvalue weighted by atomic mass is 35.5. The van der Waals surface area contributed by atoms with E-state index in [9.17, 15) is 31.2 Å². The number of rotatable bonds is 11. The summed E-state index contributed by atoms with van der Waals surface area (Å²) in [7, 11) is -4.58. The molecule has 0 saturated heterocycles. The van der Waals surface area contributed by atoms with E-state index in [4.69, 9.17) is 11.6 Å². The third-order valence-corrected chi connectivity index (χ3v) is 9.02. The summed E-state index contributed by atoms with van der Waals surface area (Å²) in [6.07, 6.45) is -4.16.